The van der Waals surface area contributed by atoms with Crippen molar-refractivity contribution in [2.75, 3.05) is 11.2 Å². The molecule has 0 unspecified atom stereocenters. The highest BCUT2D eigenvalue weighted by molar-refractivity contribution is 7.86. The Balaban J connectivity index is 2.04. The second kappa shape index (κ2) is 7.18. The third-order valence-corrected chi connectivity index (χ3v) is 4.90. The van der Waals surface area contributed by atoms with Crippen LogP contribution in [-0.4, -0.2) is 38.8 Å². The lowest BCUT2D eigenvalue weighted by atomic mass is 9.94. The smallest absolute Gasteiger partial charge is 0.382 e. The van der Waals surface area contributed by atoms with E-state index in [0.717, 1.165) is 12.1 Å². The molecule has 1 aliphatic rings. The molecule has 3 rings (SSSR count). The van der Waals surface area contributed by atoms with Crippen molar-refractivity contribution in [1.29, 1.82) is 0 Å². The van der Waals surface area contributed by atoms with Gasteiger partial charge in [-0.3, -0.25) is 9.59 Å². The minimum Gasteiger partial charge on any atom is -0.382 e. The lowest BCUT2D eigenvalue weighted by Crippen LogP contribution is -2.50. The topological polar surface area (TPSA) is 80.8 Å². The molecule has 172 valence electrons. The number of halogens is 7. The van der Waals surface area contributed by atoms with E-state index in [1.165, 1.54) is 6.07 Å². The van der Waals surface area contributed by atoms with Crippen LogP contribution in [0.3, 0.4) is 0 Å². The van der Waals surface area contributed by atoms with Gasteiger partial charge in [0.25, 0.3) is 11.8 Å². The fourth-order valence-corrected chi connectivity index (χ4v) is 3.51. The van der Waals surface area contributed by atoms with Crippen molar-refractivity contribution in [3.05, 3.63) is 59.2 Å². The van der Waals surface area contributed by atoms with E-state index < -0.39 is 62.5 Å². The Morgan fingerprint density at radius 3 is 1.81 bits per heavy atom. The van der Waals surface area contributed by atoms with Crippen molar-refractivity contribution in [1.82, 2.24) is 0 Å². The maximum atomic E-state index is 14.2. The highest BCUT2D eigenvalue weighted by Gasteiger charge is 2.73. The Hall–Kier alpha value is -3.16. The first-order valence-corrected chi connectivity index (χ1v) is 10.1. The van der Waals surface area contributed by atoms with Gasteiger partial charge in [-0.25, -0.2) is 9.29 Å². The Kier molecular flexibility index (Phi) is 5.28. The number of alkyl halides is 7. The summed E-state index contributed by atoms with van der Waals surface area (Å²) in [6, 6.07) is 4.75. The molecule has 0 fully saturated rings. The summed E-state index contributed by atoms with van der Waals surface area (Å²) in [5.41, 5.74) is -8.75. The van der Waals surface area contributed by atoms with E-state index in [2.05, 4.69) is 4.18 Å². The van der Waals surface area contributed by atoms with Crippen molar-refractivity contribution in [3.63, 3.8) is 0 Å². The van der Waals surface area contributed by atoms with E-state index in [0.29, 0.717) is 23.3 Å². The van der Waals surface area contributed by atoms with Crippen molar-refractivity contribution in [2.24, 2.45) is 0 Å². The predicted molar refractivity (Wildman–Crippen MR) is 94.4 cm³/mol. The van der Waals surface area contributed by atoms with E-state index >= 15 is 0 Å². The van der Waals surface area contributed by atoms with E-state index in [1.807, 2.05) is 0 Å². The van der Waals surface area contributed by atoms with Crippen LogP contribution in [0.2, 0.25) is 0 Å². The fraction of sp³-hybridized carbons (Fsp3) is 0.222. The molecule has 2 aromatic rings. The Bertz CT molecular complexity index is 1190. The Morgan fingerprint density at radius 1 is 0.812 bits per heavy atom. The van der Waals surface area contributed by atoms with E-state index in [4.69, 9.17) is 0 Å². The monoisotopic (exact) mass is 485 g/mol. The van der Waals surface area contributed by atoms with Crippen LogP contribution in [0, 0.1) is 0 Å². The van der Waals surface area contributed by atoms with Gasteiger partial charge in [0.1, 0.15) is 0 Å². The summed E-state index contributed by atoms with van der Waals surface area (Å²) in [4.78, 5) is 25.7. The second-order valence-electron chi connectivity index (χ2n) is 6.61. The van der Waals surface area contributed by atoms with Crippen LogP contribution in [0.15, 0.2) is 42.5 Å². The first kappa shape index (κ1) is 23.5. The number of fused-ring (bicyclic) bond motifs is 1. The SMILES string of the molecule is CS(=O)(=O)Oc1cccc2c1C(=O)N(c1ccc(C(F)(C(F)(F)F)C(F)(F)F)cc1)C2=O. The van der Waals surface area contributed by atoms with Gasteiger partial charge in [0.15, 0.2) is 5.75 Å². The first-order valence-electron chi connectivity index (χ1n) is 8.33. The molecule has 1 heterocycles. The van der Waals surface area contributed by atoms with E-state index in [-0.39, 0.29) is 17.7 Å². The van der Waals surface area contributed by atoms with Gasteiger partial charge < -0.3 is 4.18 Å². The average Bonchev–Trinajstić information content (AvgIpc) is 2.90. The number of amides is 2. The molecule has 0 saturated carbocycles. The van der Waals surface area contributed by atoms with Gasteiger partial charge in [0.05, 0.1) is 23.1 Å². The molecule has 32 heavy (non-hydrogen) atoms. The van der Waals surface area contributed by atoms with Gasteiger partial charge >= 0.3 is 28.1 Å². The quantitative estimate of drug-likeness (QED) is 0.370. The van der Waals surface area contributed by atoms with Crippen LogP contribution in [0.4, 0.5) is 36.4 Å². The molecule has 0 saturated heterocycles. The van der Waals surface area contributed by atoms with Crippen LogP contribution < -0.4 is 9.08 Å². The molecule has 0 N–H and O–H groups in total. The minimum atomic E-state index is -6.33. The molecular weight excluding hydrogens is 475 g/mol. The third kappa shape index (κ3) is 3.67. The van der Waals surface area contributed by atoms with Crippen LogP contribution in [0.5, 0.6) is 5.75 Å². The first-order chi connectivity index (χ1) is 14.5. The molecule has 6 nitrogen and oxygen atoms in total. The highest BCUT2D eigenvalue weighted by Crippen LogP contribution is 2.53. The zero-order valence-corrected chi connectivity index (χ0v) is 16.4. The Morgan fingerprint density at radius 2 is 1.34 bits per heavy atom. The maximum Gasteiger partial charge on any atom is 0.435 e. The zero-order valence-electron chi connectivity index (χ0n) is 15.6. The Labute approximate surface area is 175 Å². The summed E-state index contributed by atoms with van der Waals surface area (Å²) in [7, 11) is -4.11. The van der Waals surface area contributed by atoms with Gasteiger partial charge in [0, 0.05) is 5.56 Å². The third-order valence-electron chi connectivity index (χ3n) is 4.42. The van der Waals surface area contributed by atoms with Gasteiger partial charge in [-0.1, -0.05) is 18.2 Å². The number of carbonyl (C=O) groups is 2. The van der Waals surface area contributed by atoms with Crippen molar-refractivity contribution >= 4 is 27.6 Å². The molecule has 0 radical (unpaired) electrons. The normalized spacial score (nSPS) is 15.2. The average molecular weight is 485 g/mol. The van der Waals surface area contributed by atoms with Gasteiger partial charge in [-0.15, -0.1) is 0 Å². The number of carbonyl (C=O) groups excluding carboxylic acids is 2. The highest BCUT2D eigenvalue weighted by atomic mass is 32.2. The largest absolute Gasteiger partial charge is 0.435 e. The van der Waals surface area contributed by atoms with Crippen LogP contribution in [0.1, 0.15) is 26.3 Å². The lowest BCUT2D eigenvalue weighted by Gasteiger charge is -2.30. The van der Waals surface area contributed by atoms with Gasteiger partial charge in [-0.2, -0.15) is 34.8 Å². The number of nitrogens with zero attached hydrogens (tertiary/aromatic N) is 1. The lowest BCUT2D eigenvalue weighted by molar-refractivity contribution is -0.348. The summed E-state index contributed by atoms with van der Waals surface area (Å²) in [5.74, 6) is -2.69. The molecule has 2 aromatic carbocycles. The molecule has 0 aromatic heterocycles. The van der Waals surface area contributed by atoms with Gasteiger partial charge in [-0.05, 0) is 24.3 Å². The molecule has 0 aliphatic carbocycles. The second-order valence-corrected chi connectivity index (χ2v) is 8.19. The standard InChI is InChI=1S/C18H10F7NO5S/c1-32(29,30)31-12-4-2-3-11-13(12)15(28)26(14(11)27)10-7-5-9(6-8-10)16(19,17(20,21)22)18(23,24)25/h2-8H,1H3. The number of hydrogen-bond donors (Lipinski definition) is 0. The number of rotatable bonds is 4. The van der Waals surface area contributed by atoms with E-state index in [1.54, 1.807) is 0 Å². The van der Waals surface area contributed by atoms with Crippen LogP contribution in [0.25, 0.3) is 0 Å². The number of hydrogen-bond acceptors (Lipinski definition) is 5. The summed E-state index contributed by atoms with van der Waals surface area (Å²) in [5, 5.41) is 0. The number of anilines is 1. The van der Waals surface area contributed by atoms with Crippen LogP contribution >= 0.6 is 0 Å². The fourth-order valence-electron chi connectivity index (χ4n) is 3.05. The summed E-state index contributed by atoms with van der Waals surface area (Å²) >= 11 is 0. The molecule has 14 heteroatoms. The molecule has 2 amide bonds. The van der Waals surface area contributed by atoms with Crippen molar-refractivity contribution in [3.8, 4) is 5.75 Å². The number of imide groups is 1. The molecule has 0 spiro atoms. The molecule has 1 aliphatic heterocycles. The summed E-state index contributed by atoms with van der Waals surface area (Å²) < 4.78 is 119. The zero-order chi connectivity index (χ0) is 24.3. The van der Waals surface area contributed by atoms with Crippen LogP contribution in [-0.2, 0) is 15.8 Å². The van der Waals surface area contributed by atoms with Gasteiger partial charge in [0.2, 0.25) is 0 Å². The maximum absolute atomic E-state index is 14.2. The minimum absolute atomic E-state index is 0.147. The molecule has 0 bridgehead atoms. The summed E-state index contributed by atoms with van der Waals surface area (Å²) in [6.45, 7) is 0. The van der Waals surface area contributed by atoms with Crippen molar-refractivity contribution < 1.29 is 52.9 Å². The predicted octanol–water partition coefficient (Wildman–Crippen LogP) is 4.12. The van der Waals surface area contributed by atoms with Crippen molar-refractivity contribution in [2.45, 2.75) is 18.0 Å². The summed E-state index contributed by atoms with van der Waals surface area (Å²) in [6.07, 6.45) is -12.0. The molecular formula is C18H10F7NO5S. The van der Waals surface area contributed by atoms with E-state index in [9.17, 15) is 48.7 Å². The molecule has 0 atom stereocenters. The number of benzene rings is 2.